The molecule has 0 saturated carbocycles. The summed E-state index contributed by atoms with van der Waals surface area (Å²) in [5.41, 5.74) is 4.20. The fraction of sp³-hybridized carbons (Fsp3) is 0.562. The van der Waals surface area contributed by atoms with E-state index in [1.165, 1.54) is 0 Å². The zero-order chi connectivity index (χ0) is 28.7. The minimum atomic E-state index is -0.480. The highest BCUT2D eigenvalue weighted by atomic mass is 19.1. The lowest BCUT2D eigenvalue weighted by atomic mass is 9.83. The molecule has 1 aliphatic heterocycles. The minimum Gasteiger partial charge on any atom is -0.494 e. The van der Waals surface area contributed by atoms with E-state index in [1.54, 1.807) is 7.11 Å². The van der Waals surface area contributed by atoms with Crippen molar-refractivity contribution in [1.82, 2.24) is 0 Å². The average Bonchev–Trinajstić information content (AvgIpc) is 2.92. The molecule has 1 saturated heterocycles. The largest absolute Gasteiger partial charge is 0.494 e. The normalized spacial score (nSPS) is 13.9. The fourth-order valence-electron chi connectivity index (χ4n) is 5.20. The second-order valence-electron chi connectivity index (χ2n) is 11.1. The maximum atomic E-state index is 15.7. The molecule has 0 unspecified atom stereocenters. The van der Waals surface area contributed by atoms with Crippen molar-refractivity contribution < 1.29 is 23.4 Å². The lowest BCUT2D eigenvalue weighted by Gasteiger charge is -2.33. The van der Waals surface area contributed by atoms with Crippen LogP contribution in [0.5, 0.6) is 11.5 Å². The molecule has 1 N–H and O–H groups in total. The molecule has 0 radical (unpaired) electrons. The molecule has 2 aromatic rings. The molecule has 3 rings (SSSR count). The number of halogens is 1. The Hall–Kier alpha value is -2.93. The molecule has 39 heavy (non-hydrogen) atoms. The zero-order valence-corrected chi connectivity index (χ0v) is 24.8. The van der Waals surface area contributed by atoms with Crippen LogP contribution in [0.3, 0.4) is 0 Å². The number of nitrogens with zero attached hydrogens (tertiary/aromatic N) is 1. The van der Waals surface area contributed by atoms with Gasteiger partial charge in [0.2, 0.25) is 0 Å². The van der Waals surface area contributed by atoms with E-state index in [0.717, 1.165) is 47.6 Å². The number of morpholine rings is 1. The van der Waals surface area contributed by atoms with Crippen LogP contribution in [0.15, 0.2) is 18.2 Å². The van der Waals surface area contributed by atoms with Crippen LogP contribution in [0.25, 0.3) is 0 Å². The van der Waals surface area contributed by atoms with E-state index in [0.29, 0.717) is 38.2 Å². The van der Waals surface area contributed by atoms with Crippen molar-refractivity contribution in [2.24, 2.45) is 0 Å². The molecule has 0 aliphatic carbocycles. The van der Waals surface area contributed by atoms with Gasteiger partial charge in [-0.05, 0) is 54.9 Å². The molecule has 6 nitrogen and oxygen atoms in total. The summed E-state index contributed by atoms with van der Waals surface area (Å²) in [6.45, 7) is 15.2. The van der Waals surface area contributed by atoms with Crippen molar-refractivity contribution >= 4 is 17.2 Å². The van der Waals surface area contributed by atoms with Gasteiger partial charge >= 0.3 is 0 Å². The number of Topliss-reactive ketones (excluding diaryl/α,β-unsaturated/α-hetero) is 1. The number of carbonyl (C=O) groups is 1. The van der Waals surface area contributed by atoms with Gasteiger partial charge < -0.3 is 24.5 Å². The monoisotopic (exact) mass is 540 g/mol. The number of aryl methyl sites for hydroxylation is 2. The van der Waals surface area contributed by atoms with Crippen LogP contribution in [0.1, 0.15) is 93.4 Å². The Kier molecular flexibility index (Phi) is 10.5. The second-order valence-corrected chi connectivity index (χ2v) is 11.1. The quantitative estimate of drug-likeness (QED) is 0.234. The van der Waals surface area contributed by atoms with Crippen LogP contribution in [0.2, 0.25) is 0 Å². The van der Waals surface area contributed by atoms with E-state index < -0.39 is 5.82 Å². The summed E-state index contributed by atoms with van der Waals surface area (Å²) in [5.74, 6) is 0.460. The Morgan fingerprint density at radius 3 is 2.31 bits per heavy atom. The van der Waals surface area contributed by atoms with Crippen molar-refractivity contribution in [3.05, 3.63) is 51.8 Å². The predicted octanol–water partition coefficient (Wildman–Crippen LogP) is 6.91. The van der Waals surface area contributed by atoms with E-state index in [2.05, 4.69) is 32.6 Å². The van der Waals surface area contributed by atoms with Gasteiger partial charge in [0.1, 0.15) is 5.75 Å². The van der Waals surface area contributed by atoms with Crippen LogP contribution < -0.4 is 14.4 Å². The molecule has 1 fully saturated rings. The number of benzene rings is 2. The number of ether oxygens (including phenoxy) is 3. The SMILES string of the molecule is CCCc1cc(CC)c(C(=N)CCC(=O)c2cc(N3CCOCC3)c(OC)c(C(C)(C)C)c2)c(F)c1OCC. The molecule has 0 aromatic heterocycles. The number of hydrogen-bond donors (Lipinski definition) is 1. The molecule has 1 aliphatic rings. The van der Waals surface area contributed by atoms with Crippen molar-refractivity contribution in [2.45, 2.75) is 79.1 Å². The van der Waals surface area contributed by atoms with E-state index >= 15 is 4.39 Å². The Morgan fingerprint density at radius 2 is 1.74 bits per heavy atom. The number of nitrogens with one attached hydrogen (secondary N) is 1. The highest BCUT2D eigenvalue weighted by Crippen LogP contribution is 2.41. The molecule has 7 heteroatoms. The minimum absolute atomic E-state index is 0.0755. The third-order valence-electron chi connectivity index (χ3n) is 7.23. The van der Waals surface area contributed by atoms with E-state index in [1.807, 2.05) is 32.0 Å². The van der Waals surface area contributed by atoms with Gasteiger partial charge in [-0.25, -0.2) is 4.39 Å². The van der Waals surface area contributed by atoms with Crippen LogP contribution in [0.4, 0.5) is 10.1 Å². The first kappa shape index (κ1) is 30.6. The summed E-state index contributed by atoms with van der Waals surface area (Å²) < 4.78 is 32.8. The summed E-state index contributed by atoms with van der Waals surface area (Å²) in [6.07, 6.45) is 2.44. The third-order valence-corrected chi connectivity index (χ3v) is 7.23. The Labute approximate surface area is 233 Å². The van der Waals surface area contributed by atoms with E-state index in [9.17, 15) is 4.79 Å². The van der Waals surface area contributed by atoms with Crippen LogP contribution in [-0.2, 0) is 23.0 Å². The first-order valence-corrected chi connectivity index (χ1v) is 14.2. The fourth-order valence-corrected chi connectivity index (χ4v) is 5.20. The van der Waals surface area contributed by atoms with Crippen molar-refractivity contribution in [1.29, 1.82) is 5.41 Å². The van der Waals surface area contributed by atoms with Crippen molar-refractivity contribution in [3.63, 3.8) is 0 Å². The predicted molar refractivity (Wildman–Crippen MR) is 156 cm³/mol. The molecule has 214 valence electrons. The number of rotatable bonds is 12. The first-order valence-electron chi connectivity index (χ1n) is 14.2. The van der Waals surface area contributed by atoms with Gasteiger partial charge in [0.05, 0.1) is 32.6 Å². The summed E-state index contributed by atoms with van der Waals surface area (Å²) in [4.78, 5) is 15.7. The molecule has 0 spiro atoms. The lowest BCUT2D eigenvalue weighted by Crippen LogP contribution is -2.37. The van der Waals surface area contributed by atoms with Crippen LogP contribution in [0, 0.1) is 11.2 Å². The summed E-state index contributed by atoms with van der Waals surface area (Å²) in [5, 5.41) is 8.79. The Bertz CT molecular complexity index is 1180. The maximum absolute atomic E-state index is 15.7. The average molecular weight is 541 g/mol. The number of carbonyl (C=O) groups excluding carboxylic acids is 1. The molecule has 2 aromatic carbocycles. The number of ketones is 1. The zero-order valence-electron chi connectivity index (χ0n) is 24.8. The smallest absolute Gasteiger partial charge is 0.174 e. The number of anilines is 1. The van der Waals surface area contributed by atoms with Crippen LogP contribution in [-0.4, -0.2) is 51.5 Å². The molecular weight excluding hydrogens is 495 g/mol. The summed E-state index contributed by atoms with van der Waals surface area (Å²) in [7, 11) is 1.67. The Morgan fingerprint density at radius 1 is 1.05 bits per heavy atom. The van der Waals surface area contributed by atoms with Gasteiger partial charge in [-0.3, -0.25) is 4.79 Å². The third kappa shape index (κ3) is 6.99. The van der Waals surface area contributed by atoms with Gasteiger partial charge in [0, 0.05) is 41.9 Å². The van der Waals surface area contributed by atoms with Gasteiger partial charge in [-0.2, -0.15) is 0 Å². The molecule has 1 heterocycles. The topological polar surface area (TPSA) is 71.9 Å². The lowest BCUT2D eigenvalue weighted by molar-refractivity contribution is 0.0984. The summed E-state index contributed by atoms with van der Waals surface area (Å²) >= 11 is 0. The highest BCUT2D eigenvalue weighted by molar-refractivity contribution is 6.05. The maximum Gasteiger partial charge on any atom is 0.174 e. The number of hydrogen-bond acceptors (Lipinski definition) is 6. The van der Waals surface area contributed by atoms with Crippen molar-refractivity contribution in [2.75, 3.05) is 44.9 Å². The standard InChI is InChI=1S/C32H45FN2O4/c1-8-11-22-18-21(9-2)28(29(33)30(22)39-10-3)25(34)12-13-27(36)23-19-24(32(4,5)6)31(37-7)26(20-23)35-14-16-38-17-15-35/h18-20,34H,8-17H2,1-7H3. The van der Waals surface area contributed by atoms with Gasteiger partial charge in [0.25, 0.3) is 0 Å². The Balaban J connectivity index is 1.93. The number of methoxy groups -OCH3 is 1. The molecular formula is C32H45FN2O4. The molecule has 0 atom stereocenters. The second kappa shape index (κ2) is 13.4. The first-order chi connectivity index (χ1) is 18.6. The molecule has 0 amide bonds. The highest BCUT2D eigenvalue weighted by Gasteiger charge is 2.28. The van der Waals surface area contributed by atoms with Crippen LogP contribution >= 0.6 is 0 Å². The van der Waals surface area contributed by atoms with Gasteiger partial charge in [0.15, 0.2) is 17.3 Å². The summed E-state index contributed by atoms with van der Waals surface area (Å²) in [6, 6.07) is 5.78. The van der Waals surface area contributed by atoms with E-state index in [-0.39, 0.29) is 41.1 Å². The van der Waals surface area contributed by atoms with Crippen molar-refractivity contribution in [3.8, 4) is 11.5 Å². The van der Waals surface area contributed by atoms with Gasteiger partial charge in [-0.1, -0.05) is 47.1 Å². The molecule has 0 bridgehead atoms. The van der Waals surface area contributed by atoms with E-state index in [4.69, 9.17) is 19.6 Å². The van der Waals surface area contributed by atoms with Gasteiger partial charge in [-0.15, -0.1) is 0 Å².